The van der Waals surface area contributed by atoms with Gasteiger partial charge in [0.15, 0.2) is 0 Å². The molecule has 0 aromatic heterocycles. The summed E-state index contributed by atoms with van der Waals surface area (Å²) in [4.78, 5) is 0. The molecule has 0 aliphatic heterocycles. The van der Waals surface area contributed by atoms with Gasteiger partial charge in [-0.3, -0.25) is 0 Å². The van der Waals surface area contributed by atoms with Crippen LogP contribution in [0.25, 0.3) is 0 Å². The first-order valence-corrected chi connectivity index (χ1v) is 29.5. The minimum absolute atomic E-state index is 0.844. The van der Waals surface area contributed by atoms with Crippen molar-refractivity contribution in [3.05, 3.63) is 104 Å². The minimum atomic E-state index is -1.64. The van der Waals surface area contributed by atoms with Gasteiger partial charge in [0.25, 0.3) is 0 Å². The molecule has 0 aliphatic rings. The van der Waals surface area contributed by atoms with Gasteiger partial charge in [-0.1, -0.05) is 234 Å². The Morgan fingerprint density at radius 3 is 0.908 bits per heavy atom. The zero-order valence-electron chi connectivity index (χ0n) is 42.5. The van der Waals surface area contributed by atoms with E-state index < -0.39 is 8.07 Å². The number of aryl methyl sites for hydroxylation is 2. The average Bonchev–Trinajstić information content (AvgIpc) is 3.29. The molecule has 0 fully saturated rings. The quantitative estimate of drug-likeness (QED) is 0.0428. The van der Waals surface area contributed by atoms with Gasteiger partial charge in [0.05, 0.1) is 0 Å². The second-order valence-corrected chi connectivity index (χ2v) is 23.9. The topological polar surface area (TPSA) is 0 Å². The molecular formula is C64H84Si. The van der Waals surface area contributed by atoms with Crippen LogP contribution in [-0.2, 0) is 12.8 Å². The van der Waals surface area contributed by atoms with Gasteiger partial charge in [0, 0.05) is 44.5 Å². The van der Waals surface area contributed by atoms with Crippen molar-refractivity contribution in [3.8, 4) is 70.7 Å². The Hall–Kier alpha value is -4.76. The van der Waals surface area contributed by atoms with Crippen LogP contribution in [0.15, 0.2) is 48.5 Å². The maximum atomic E-state index is 3.56. The highest BCUT2D eigenvalue weighted by Crippen LogP contribution is 2.21. The fraction of sp³-hybridized carbons (Fsp3) is 0.531. The van der Waals surface area contributed by atoms with Crippen molar-refractivity contribution in [2.24, 2.45) is 0 Å². The largest absolute Gasteiger partial charge is 0.129 e. The van der Waals surface area contributed by atoms with E-state index in [1.807, 2.05) is 20.8 Å². The predicted molar refractivity (Wildman–Crippen MR) is 289 cm³/mol. The first kappa shape index (κ1) is 54.6. The van der Waals surface area contributed by atoms with Gasteiger partial charge in [-0.25, -0.2) is 0 Å². The molecule has 344 valence electrons. The van der Waals surface area contributed by atoms with Crippen LogP contribution < -0.4 is 0 Å². The van der Waals surface area contributed by atoms with Gasteiger partial charge in [-0.15, -0.1) is 23.3 Å². The molecule has 0 amide bonds. The SMILES string of the molecule is CC#Cc1cc(CCCCCCCCCCCCCC)ccc1C#Cc1cc(C#CC)c(C#C[Si](C)(C)C)cc1C#Cc1ccc(CCCCCCCCCCCCCC)cc1C#CC. The summed E-state index contributed by atoms with van der Waals surface area (Å²) in [5.74, 6) is 37.0. The lowest BCUT2D eigenvalue weighted by Gasteiger charge is -2.07. The van der Waals surface area contributed by atoms with Crippen molar-refractivity contribution in [2.75, 3.05) is 0 Å². The van der Waals surface area contributed by atoms with E-state index in [0.717, 1.165) is 57.3 Å². The number of hydrogen-bond donors (Lipinski definition) is 0. The first-order chi connectivity index (χ1) is 31.7. The third-order valence-corrected chi connectivity index (χ3v) is 12.9. The van der Waals surface area contributed by atoms with Gasteiger partial charge >= 0.3 is 0 Å². The smallest absolute Gasteiger partial charge is 0.127 e. The Morgan fingerprint density at radius 1 is 0.308 bits per heavy atom. The Bertz CT molecular complexity index is 2260. The Balaban J connectivity index is 1.78. The molecule has 0 nitrogen and oxygen atoms in total. The van der Waals surface area contributed by atoms with Crippen molar-refractivity contribution in [3.63, 3.8) is 0 Å². The highest BCUT2D eigenvalue weighted by Gasteiger charge is 2.11. The van der Waals surface area contributed by atoms with E-state index in [0.29, 0.717) is 0 Å². The van der Waals surface area contributed by atoms with Crippen LogP contribution in [-0.4, -0.2) is 8.07 Å². The lowest BCUT2D eigenvalue weighted by molar-refractivity contribution is 0.544. The zero-order valence-corrected chi connectivity index (χ0v) is 43.5. The molecule has 1 heteroatoms. The normalized spacial score (nSPS) is 10.4. The van der Waals surface area contributed by atoms with Crippen molar-refractivity contribution in [1.82, 2.24) is 0 Å². The fourth-order valence-electron chi connectivity index (χ4n) is 8.20. The summed E-state index contributed by atoms with van der Waals surface area (Å²) >= 11 is 0. The average molecular weight is 881 g/mol. The van der Waals surface area contributed by atoms with Crippen molar-refractivity contribution < 1.29 is 0 Å². The summed E-state index contributed by atoms with van der Waals surface area (Å²) in [6.07, 6.45) is 34.8. The molecule has 65 heavy (non-hydrogen) atoms. The van der Waals surface area contributed by atoms with Gasteiger partial charge in [0.1, 0.15) is 8.07 Å². The summed E-state index contributed by atoms with van der Waals surface area (Å²) in [6.45, 7) is 17.1. The van der Waals surface area contributed by atoms with E-state index in [4.69, 9.17) is 0 Å². The second-order valence-electron chi connectivity index (χ2n) is 19.1. The van der Waals surface area contributed by atoms with Gasteiger partial charge < -0.3 is 0 Å². The third-order valence-electron chi connectivity index (χ3n) is 12.0. The molecule has 0 atom stereocenters. The van der Waals surface area contributed by atoms with E-state index >= 15 is 0 Å². The monoisotopic (exact) mass is 881 g/mol. The summed E-state index contributed by atoms with van der Waals surface area (Å²) < 4.78 is 0. The second kappa shape index (κ2) is 33.7. The molecule has 0 heterocycles. The first-order valence-electron chi connectivity index (χ1n) is 26.0. The van der Waals surface area contributed by atoms with Crippen LogP contribution in [0.5, 0.6) is 0 Å². The maximum absolute atomic E-state index is 3.56. The third kappa shape index (κ3) is 23.8. The number of hydrogen-bond acceptors (Lipinski definition) is 0. The van der Waals surface area contributed by atoms with Crippen LogP contribution in [0, 0.1) is 70.7 Å². The van der Waals surface area contributed by atoms with Crippen LogP contribution in [0.3, 0.4) is 0 Å². The van der Waals surface area contributed by atoms with E-state index in [2.05, 4.69) is 153 Å². The van der Waals surface area contributed by atoms with Gasteiger partial charge in [-0.05, 0) is 94.0 Å². The zero-order chi connectivity index (χ0) is 46.8. The van der Waals surface area contributed by atoms with Crippen molar-refractivity contribution in [1.29, 1.82) is 0 Å². The van der Waals surface area contributed by atoms with E-state index in [1.165, 1.54) is 165 Å². The molecule has 0 aliphatic carbocycles. The van der Waals surface area contributed by atoms with Crippen LogP contribution in [0.4, 0.5) is 0 Å². The lowest BCUT2D eigenvalue weighted by Crippen LogP contribution is -2.16. The molecule has 0 spiro atoms. The number of rotatable bonds is 26. The van der Waals surface area contributed by atoms with E-state index in [1.54, 1.807) is 0 Å². The number of benzene rings is 3. The standard InChI is InChI=1S/C64H84Si/c1-9-14-16-18-20-22-24-26-28-30-32-34-39-55-41-43-57(59(51-55)36-11-3)45-47-62-53-61(38-13-5)64(49-50-65(6,7)8)54-63(62)48-46-58-44-42-56(52-60(58)37-12-4)40-35-33-31-29-27-25-23-21-19-17-15-10-2/h41-44,51-54H,9-10,14-35,39-40H2,1-8H3. The molecule has 0 radical (unpaired) electrons. The van der Waals surface area contributed by atoms with E-state index in [-0.39, 0.29) is 0 Å². The number of unbranched alkanes of at least 4 members (excludes halogenated alkanes) is 22. The van der Waals surface area contributed by atoms with E-state index in [9.17, 15) is 0 Å². The highest BCUT2D eigenvalue weighted by atomic mass is 28.3. The van der Waals surface area contributed by atoms with Crippen LogP contribution in [0.2, 0.25) is 19.6 Å². The molecule has 0 unspecified atom stereocenters. The van der Waals surface area contributed by atoms with Gasteiger partial charge in [0.2, 0.25) is 0 Å². The molecule has 3 rings (SSSR count). The maximum Gasteiger partial charge on any atom is 0.129 e. The molecule has 0 saturated carbocycles. The summed E-state index contributed by atoms with van der Waals surface area (Å²) in [6, 6.07) is 17.5. The summed E-state index contributed by atoms with van der Waals surface area (Å²) in [5, 5.41) is 0. The predicted octanol–water partition coefficient (Wildman–Crippen LogP) is 17.3. The summed E-state index contributed by atoms with van der Waals surface area (Å²) in [7, 11) is -1.64. The van der Waals surface area contributed by atoms with Crippen molar-refractivity contribution in [2.45, 2.75) is 221 Å². The molecule has 3 aromatic carbocycles. The molecular weight excluding hydrogens is 797 g/mol. The summed E-state index contributed by atoms with van der Waals surface area (Å²) in [5.41, 5.74) is 13.6. The van der Waals surface area contributed by atoms with Crippen molar-refractivity contribution >= 4 is 8.07 Å². The molecule has 0 saturated heterocycles. The molecule has 0 N–H and O–H groups in total. The highest BCUT2D eigenvalue weighted by molar-refractivity contribution is 6.83. The Labute approximate surface area is 402 Å². The molecule has 0 bridgehead atoms. The molecule has 3 aromatic rings. The fourth-order valence-corrected chi connectivity index (χ4v) is 8.71. The van der Waals surface area contributed by atoms with Crippen LogP contribution >= 0.6 is 0 Å². The minimum Gasteiger partial charge on any atom is -0.127 e. The Kier molecular flexibility index (Phi) is 28.3. The lowest BCUT2D eigenvalue weighted by atomic mass is 9.96. The Morgan fingerprint density at radius 2 is 0.585 bits per heavy atom. The van der Waals surface area contributed by atoms with Gasteiger partial charge in [-0.2, -0.15) is 0 Å². The van der Waals surface area contributed by atoms with Crippen LogP contribution in [0.1, 0.15) is 244 Å².